The van der Waals surface area contributed by atoms with E-state index >= 15 is 0 Å². The Morgan fingerprint density at radius 1 is 0.368 bits per heavy atom. The van der Waals surface area contributed by atoms with E-state index in [9.17, 15) is 0 Å². The highest BCUT2D eigenvalue weighted by Gasteiger charge is 2.46. The van der Waals surface area contributed by atoms with Crippen LogP contribution in [0.3, 0.4) is 0 Å². The van der Waals surface area contributed by atoms with Crippen molar-refractivity contribution in [2.45, 2.75) is 105 Å². The first-order valence-corrected chi connectivity index (χ1v) is 28.0. The third-order valence-corrected chi connectivity index (χ3v) is 17.0. The summed E-state index contributed by atoms with van der Waals surface area (Å²) in [6, 6.07) is 73.6. The number of aromatic nitrogens is 1. The summed E-state index contributed by atoms with van der Waals surface area (Å²) in [5.41, 5.74) is 25.4. The smallest absolute Gasteiger partial charge is 0.252 e. The Hall–Kier alpha value is -7.47. The normalized spacial score (nSPS) is 13.4. The molecule has 1 aromatic heterocycles. The second-order valence-electron chi connectivity index (χ2n) is 25.3. The zero-order valence-electron chi connectivity index (χ0n) is 46.3. The van der Waals surface area contributed by atoms with E-state index in [-0.39, 0.29) is 28.4 Å². The summed E-state index contributed by atoms with van der Waals surface area (Å²) in [6.07, 6.45) is 0. The quantitative estimate of drug-likeness (QED) is 0.155. The van der Waals surface area contributed by atoms with Crippen molar-refractivity contribution in [2.24, 2.45) is 0 Å². The number of nitrogens with zero attached hydrogens (tertiary/aromatic N) is 3. The van der Waals surface area contributed by atoms with Crippen molar-refractivity contribution in [3.8, 4) is 44.0 Å². The van der Waals surface area contributed by atoms with E-state index < -0.39 is 0 Å². The highest BCUT2D eigenvalue weighted by molar-refractivity contribution is 7.21. The van der Waals surface area contributed by atoms with Crippen LogP contribution in [0.1, 0.15) is 105 Å². The highest BCUT2D eigenvalue weighted by Crippen LogP contribution is 2.52. The molecule has 3 nitrogen and oxygen atoms in total. The zero-order chi connectivity index (χ0) is 53.1. The van der Waals surface area contributed by atoms with Gasteiger partial charge in [-0.25, -0.2) is 4.98 Å². The van der Waals surface area contributed by atoms with Gasteiger partial charge in [-0.1, -0.05) is 235 Å². The van der Waals surface area contributed by atoms with Gasteiger partial charge in [0, 0.05) is 45.1 Å². The van der Waals surface area contributed by atoms with Gasteiger partial charge in [-0.3, -0.25) is 0 Å². The SMILES string of the molecule is CC(C)(C)c1ccc(-c2ccc(-c3nc4cc5c(cc4s3)B3c4cc(C(C)(C)C)ccc4N(c4ccc(C(C)(C)C)cc4)c4cc(C(C)(C)C)cc(c43)N5c3c(-c4ccccc4)cccc3-c3ccccc3)cc2)cc1. The first kappa shape index (κ1) is 49.4. The molecule has 0 radical (unpaired) electrons. The lowest BCUT2D eigenvalue weighted by molar-refractivity contribution is 0.589. The zero-order valence-corrected chi connectivity index (χ0v) is 47.1. The van der Waals surface area contributed by atoms with Crippen molar-refractivity contribution in [3.63, 3.8) is 0 Å². The number of rotatable bonds is 6. The summed E-state index contributed by atoms with van der Waals surface area (Å²) < 4.78 is 1.18. The van der Waals surface area contributed by atoms with E-state index in [0.717, 1.165) is 33.1 Å². The molecule has 376 valence electrons. The second kappa shape index (κ2) is 18.1. The number of fused-ring (bicyclic) bond motifs is 5. The van der Waals surface area contributed by atoms with Gasteiger partial charge in [0.25, 0.3) is 6.71 Å². The Bertz CT molecular complexity index is 3770. The predicted octanol–water partition coefficient (Wildman–Crippen LogP) is 18.2. The fourth-order valence-corrected chi connectivity index (χ4v) is 12.5. The molecule has 0 spiro atoms. The van der Waals surface area contributed by atoms with Crippen LogP contribution in [0.5, 0.6) is 0 Å². The fraction of sp³-hybridized carbons (Fsp3) is 0.225. The van der Waals surface area contributed by atoms with E-state index in [0.29, 0.717) is 0 Å². The maximum atomic E-state index is 5.57. The van der Waals surface area contributed by atoms with E-state index in [4.69, 9.17) is 4.98 Å². The molecule has 76 heavy (non-hydrogen) atoms. The van der Waals surface area contributed by atoms with Gasteiger partial charge < -0.3 is 9.80 Å². The van der Waals surface area contributed by atoms with Gasteiger partial charge >= 0.3 is 0 Å². The monoisotopic (exact) mass is 1010 g/mol. The molecule has 3 heterocycles. The van der Waals surface area contributed by atoms with Crippen LogP contribution in [0.4, 0.5) is 34.1 Å². The van der Waals surface area contributed by atoms with Crippen LogP contribution < -0.4 is 26.2 Å². The van der Waals surface area contributed by atoms with Gasteiger partial charge in [0.05, 0.1) is 15.9 Å². The molecule has 0 amide bonds. The van der Waals surface area contributed by atoms with Crippen LogP contribution in [-0.2, 0) is 21.7 Å². The Morgan fingerprint density at radius 2 is 0.842 bits per heavy atom. The van der Waals surface area contributed by atoms with Crippen LogP contribution >= 0.6 is 11.3 Å². The standard InChI is InChI=1S/C71H68BN3S/c1-68(2,3)50-32-30-46(31-33-50)45-26-28-49(29-27-45)67-73-59-44-61-58(43-64(59)76-67)72-57-40-52(70(7,8)9)36-39-60(57)74(54-37-34-51(35-38-54)69(4,5)6)62-41-53(71(10,11)12)42-63(65(62)72)75(61)66-55(47-20-15-13-16-21-47)24-19-25-56(66)48-22-17-14-18-23-48/h13-44H,1-12H3. The molecule has 5 heteroatoms. The fourth-order valence-electron chi connectivity index (χ4n) is 11.5. The molecule has 0 saturated heterocycles. The van der Waals surface area contributed by atoms with Crippen molar-refractivity contribution in [1.82, 2.24) is 4.98 Å². The van der Waals surface area contributed by atoms with Crippen LogP contribution in [0.15, 0.2) is 194 Å². The molecule has 2 aliphatic rings. The summed E-state index contributed by atoms with van der Waals surface area (Å²) in [5, 5.41) is 1.02. The Labute approximate surface area is 456 Å². The van der Waals surface area contributed by atoms with E-state index in [1.54, 1.807) is 11.3 Å². The summed E-state index contributed by atoms with van der Waals surface area (Å²) >= 11 is 1.80. The summed E-state index contributed by atoms with van der Waals surface area (Å²) in [5.74, 6) is 0. The minimum atomic E-state index is -0.175. The number of hydrogen-bond donors (Lipinski definition) is 0. The molecule has 2 aliphatic heterocycles. The topological polar surface area (TPSA) is 19.4 Å². The van der Waals surface area contributed by atoms with Crippen molar-refractivity contribution in [2.75, 3.05) is 9.80 Å². The van der Waals surface area contributed by atoms with Crippen LogP contribution in [0.25, 0.3) is 54.2 Å². The van der Waals surface area contributed by atoms with Crippen molar-refractivity contribution in [3.05, 3.63) is 216 Å². The molecule has 0 bridgehead atoms. The average molecular weight is 1010 g/mol. The molecule has 0 fully saturated rings. The second-order valence-corrected chi connectivity index (χ2v) is 26.4. The lowest BCUT2D eigenvalue weighted by Crippen LogP contribution is -2.61. The van der Waals surface area contributed by atoms with Crippen molar-refractivity contribution < 1.29 is 0 Å². The maximum absolute atomic E-state index is 5.57. The van der Waals surface area contributed by atoms with Crippen LogP contribution in [0.2, 0.25) is 0 Å². The molecule has 0 atom stereocenters. The average Bonchev–Trinajstić information content (AvgIpc) is 3.91. The number of anilines is 6. The first-order valence-electron chi connectivity index (χ1n) is 27.1. The summed E-state index contributed by atoms with van der Waals surface area (Å²) in [7, 11) is 0. The minimum absolute atomic E-state index is 0.0212. The van der Waals surface area contributed by atoms with E-state index in [2.05, 4.69) is 287 Å². The largest absolute Gasteiger partial charge is 0.311 e. The molecule has 9 aromatic carbocycles. The lowest BCUT2D eigenvalue weighted by Gasteiger charge is -2.46. The van der Waals surface area contributed by atoms with Crippen LogP contribution in [0, 0.1) is 0 Å². The van der Waals surface area contributed by atoms with Gasteiger partial charge in [0.1, 0.15) is 5.01 Å². The molecule has 0 saturated carbocycles. The summed E-state index contributed by atoms with van der Waals surface area (Å²) in [6.45, 7) is 27.7. The first-order chi connectivity index (χ1) is 36.2. The number of benzene rings is 9. The number of hydrogen-bond acceptors (Lipinski definition) is 4. The summed E-state index contributed by atoms with van der Waals surface area (Å²) in [4.78, 5) is 10.8. The Kier molecular flexibility index (Phi) is 11.8. The number of thiazole rings is 1. The van der Waals surface area contributed by atoms with Gasteiger partial charge in [-0.15, -0.1) is 11.3 Å². The molecule has 0 unspecified atom stereocenters. The maximum Gasteiger partial charge on any atom is 0.252 e. The lowest BCUT2D eigenvalue weighted by atomic mass is 9.33. The molecule has 12 rings (SSSR count). The van der Waals surface area contributed by atoms with Crippen molar-refractivity contribution in [1.29, 1.82) is 0 Å². The minimum Gasteiger partial charge on any atom is -0.311 e. The van der Waals surface area contributed by atoms with Gasteiger partial charge in [0.2, 0.25) is 0 Å². The molecular formula is C71H68BN3S. The molecule has 0 N–H and O–H groups in total. The van der Waals surface area contributed by atoms with E-state index in [1.165, 1.54) is 93.8 Å². The Morgan fingerprint density at radius 3 is 1.38 bits per heavy atom. The Balaban J connectivity index is 1.16. The third kappa shape index (κ3) is 8.67. The van der Waals surface area contributed by atoms with E-state index in [1.807, 2.05) is 0 Å². The van der Waals surface area contributed by atoms with Gasteiger partial charge in [0.15, 0.2) is 0 Å². The molecule has 10 aromatic rings. The van der Waals surface area contributed by atoms with Crippen LogP contribution in [-0.4, -0.2) is 11.7 Å². The highest BCUT2D eigenvalue weighted by atomic mass is 32.1. The molecular weight excluding hydrogens is 938 g/mol. The van der Waals surface area contributed by atoms with Gasteiger partial charge in [-0.05, 0) is 125 Å². The molecule has 0 aliphatic carbocycles. The van der Waals surface area contributed by atoms with Crippen molar-refractivity contribution >= 4 is 78.8 Å². The van der Waals surface area contributed by atoms with Gasteiger partial charge in [-0.2, -0.15) is 0 Å². The predicted molar refractivity (Wildman–Crippen MR) is 330 cm³/mol. The third-order valence-electron chi connectivity index (χ3n) is 15.9. The number of para-hydroxylation sites is 1.